The number of ether oxygens (including phenoxy) is 1. The zero-order valence-corrected chi connectivity index (χ0v) is 14.3. The van der Waals surface area contributed by atoms with Crippen molar-refractivity contribution in [2.24, 2.45) is 0 Å². The van der Waals surface area contributed by atoms with E-state index in [-0.39, 0.29) is 10.5 Å². The van der Waals surface area contributed by atoms with Gasteiger partial charge in [0.25, 0.3) is 0 Å². The monoisotopic (exact) mass is 314 g/mol. The van der Waals surface area contributed by atoms with Crippen molar-refractivity contribution in [3.05, 3.63) is 0 Å². The molecular weight excluding hydrogens is 288 g/mol. The van der Waals surface area contributed by atoms with Gasteiger partial charge in [0.1, 0.15) is 0 Å². The fourth-order valence-electron chi connectivity index (χ4n) is 1.51. The van der Waals surface area contributed by atoms with E-state index in [1.807, 2.05) is 0 Å². The van der Waals surface area contributed by atoms with Gasteiger partial charge in [-0.2, -0.15) is 50.5 Å². The molecule has 0 fully saturated rings. The van der Waals surface area contributed by atoms with Crippen LogP contribution in [-0.4, -0.2) is 34.2 Å². The second-order valence-electron chi connectivity index (χ2n) is 4.38. The van der Waals surface area contributed by atoms with Gasteiger partial charge in [-0.15, -0.1) is 0 Å². The first-order valence-electron chi connectivity index (χ1n) is 6.32. The summed E-state index contributed by atoms with van der Waals surface area (Å²) in [5.41, 5.74) is 0. The van der Waals surface area contributed by atoms with Gasteiger partial charge in [0, 0.05) is 21.0 Å². The highest BCUT2D eigenvalue weighted by molar-refractivity contribution is 7.85. The molecule has 0 saturated carbocycles. The highest BCUT2D eigenvalue weighted by atomic mass is 32.1. The summed E-state index contributed by atoms with van der Waals surface area (Å²) in [5, 5.41) is 1.01. The highest BCUT2D eigenvalue weighted by Crippen LogP contribution is 2.17. The zero-order valence-electron chi connectivity index (χ0n) is 10.7. The lowest BCUT2D eigenvalue weighted by atomic mass is 10.2. The quantitative estimate of drug-likeness (QED) is 0.449. The normalized spacial score (nSPS) is 18.7. The van der Waals surface area contributed by atoms with Gasteiger partial charge in [-0.1, -0.05) is 26.7 Å². The van der Waals surface area contributed by atoms with E-state index < -0.39 is 0 Å². The summed E-state index contributed by atoms with van der Waals surface area (Å²) in [4.78, 5) is 0. The van der Waals surface area contributed by atoms with Crippen molar-refractivity contribution in [3.8, 4) is 0 Å². The van der Waals surface area contributed by atoms with Crippen LogP contribution in [0.25, 0.3) is 0 Å². The van der Waals surface area contributed by atoms with Gasteiger partial charge in [0.2, 0.25) is 0 Å². The first kappa shape index (κ1) is 18.4. The largest absolute Gasteiger partial charge is 0.379 e. The summed E-state index contributed by atoms with van der Waals surface area (Å²) in [6, 6.07) is 0. The summed E-state index contributed by atoms with van der Waals surface area (Å²) in [7, 11) is 0. The molecule has 0 aliphatic heterocycles. The Bertz CT molecular complexity index is 162. The molecule has 5 heteroatoms. The molecule has 104 valence electrons. The molecule has 1 nitrogen and oxygen atoms in total. The Labute approximate surface area is 128 Å². The zero-order chi connectivity index (χ0) is 13.3. The van der Waals surface area contributed by atoms with E-state index in [4.69, 9.17) is 4.74 Å². The van der Waals surface area contributed by atoms with Gasteiger partial charge >= 0.3 is 0 Å². The van der Waals surface area contributed by atoms with Crippen LogP contribution in [0.2, 0.25) is 0 Å². The van der Waals surface area contributed by atoms with E-state index >= 15 is 0 Å². The van der Waals surface area contributed by atoms with Crippen molar-refractivity contribution in [1.82, 2.24) is 0 Å². The van der Waals surface area contributed by atoms with Gasteiger partial charge in [0.05, 0.1) is 13.2 Å². The molecule has 0 radical (unpaired) electrons. The molecule has 0 aromatic carbocycles. The molecule has 0 amide bonds. The number of thiol groups is 4. The van der Waals surface area contributed by atoms with Crippen molar-refractivity contribution < 1.29 is 4.74 Å². The maximum atomic E-state index is 5.64. The first-order valence-corrected chi connectivity index (χ1v) is 8.39. The van der Waals surface area contributed by atoms with Crippen LogP contribution in [0.15, 0.2) is 0 Å². The fourth-order valence-corrected chi connectivity index (χ4v) is 2.71. The van der Waals surface area contributed by atoms with Crippen molar-refractivity contribution >= 4 is 50.5 Å². The average Bonchev–Trinajstić information content (AvgIpc) is 2.29. The van der Waals surface area contributed by atoms with E-state index in [9.17, 15) is 0 Å². The third-order valence-electron chi connectivity index (χ3n) is 2.63. The molecule has 0 aromatic heterocycles. The summed E-state index contributed by atoms with van der Waals surface area (Å²) >= 11 is 18.0. The van der Waals surface area contributed by atoms with Gasteiger partial charge in [-0.3, -0.25) is 0 Å². The smallest absolute Gasteiger partial charge is 0.0593 e. The van der Waals surface area contributed by atoms with Crippen LogP contribution in [0, 0.1) is 0 Å². The van der Waals surface area contributed by atoms with Crippen LogP contribution < -0.4 is 0 Å². The minimum atomic E-state index is 0.198. The van der Waals surface area contributed by atoms with Crippen LogP contribution >= 0.6 is 50.5 Å². The van der Waals surface area contributed by atoms with Gasteiger partial charge < -0.3 is 4.74 Å². The Morgan fingerprint density at radius 3 is 1.35 bits per heavy atom. The van der Waals surface area contributed by atoms with E-state index in [2.05, 4.69) is 64.4 Å². The Balaban J connectivity index is 3.68. The van der Waals surface area contributed by atoms with Crippen LogP contribution in [-0.2, 0) is 4.74 Å². The van der Waals surface area contributed by atoms with Crippen molar-refractivity contribution in [1.29, 1.82) is 0 Å². The molecule has 0 rings (SSSR count). The molecule has 4 unspecified atom stereocenters. The molecule has 0 spiro atoms. The van der Waals surface area contributed by atoms with Crippen molar-refractivity contribution in [3.63, 3.8) is 0 Å². The van der Waals surface area contributed by atoms with Crippen LogP contribution in [0.4, 0.5) is 0 Å². The maximum Gasteiger partial charge on any atom is 0.0593 e. The summed E-state index contributed by atoms with van der Waals surface area (Å²) in [6.07, 6.45) is 4.43. The molecule has 0 N–H and O–H groups in total. The SMILES string of the molecule is CCCC(S)C(S)COCC(S)C(S)CCC. The Hall–Kier alpha value is 1.36. The average molecular weight is 315 g/mol. The number of rotatable bonds is 10. The predicted molar refractivity (Wildman–Crippen MR) is 91.7 cm³/mol. The third-order valence-corrected chi connectivity index (χ3v) is 5.36. The lowest BCUT2D eigenvalue weighted by Gasteiger charge is -2.21. The van der Waals surface area contributed by atoms with E-state index in [1.165, 1.54) is 0 Å². The molecule has 0 aliphatic carbocycles. The van der Waals surface area contributed by atoms with E-state index in [1.54, 1.807) is 0 Å². The Kier molecular flexibility index (Phi) is 12.1. The molecular formula is C12H26OS4. The molecule has 4 atom stereocenters. The second-order valence-corrected chi connectivity index (χ2v) is 7.04. The lowest BCUT2D eigenvalue weighted by Crippen LogP contribution is -2.26. The van der Waals surface area contributed by atoms with E-state index in [0.717, 1.165) is 25.7 Å². The molecule has 0 saturated heterocycles. The molecule has 0 heterocycles. The Morgan fingerprint density at radius 1 is 0.706 bits per heavy atom. The minimum absolute atomic E-state index is 0.198. The summed E-state index contributed by atoms with van der Waals surface area (Å²) in [5.74, 6) is 0. The molecule has 0 aliphatic rings. The van der Waals surface area contributed by atoms with E-state index in [0.29, 0.717) is 23.7 Å². The number of hydrogen-bond donors (Lipinski definition) is 4. The van der Waals surface area contributed by atoms with Gasteiger partial charge in [-0.05, 0) is 12.8 Å². The standard InChI is InChI=1S/C12H26OS4/c1-3-5-9(14)11(16)7-13-8-12(17)10(15)6-4-2/h9-12,14-17H,3-8H2,1-2H3. The van der Waals surface area contributed by atoms with Crippen molar-refractivity contribution in [2.75, 3.05) is 13.2 Å². The molecule has 0 aromatic rings. The highest BCUT2D eigenvalue weighted by Gasteiger charge is 2.16. The second kappa shape index (κ2) is 11.2. The van der Waals surface area contributed by atoms with Gasteiger partial charge in [0.15, 0.2) is 0 Å². The summed E-state index contributed by atoms with van der Waals surface area (Å²) in [6.45, 7) is 5.59. The lowest BCUT2D eigenvalue weighted by molar-refractivity contribution is 0.135. The van der Waals surface area contributed by atoms with Crippen molar-refractivity contribution in [2.45, 2.75) is 60.5 Å². The van der Waals surface area contributed by atoms with Crippen LogP contribution in [0.1, 0.15) is 39.5 Å². The molecule has 17 heavy (non-hydrogen) atoms. The first-order chi connectivity index (χ1) is 8.02. The molecule has 0 bridgehead atoms. The number of hydrogen-bond acceptors (Lipinski definition) is 5. The van der Waals surface area contributed by atoms with Crippen LogP contribution in [0.5, 0.6) is 0 Å². The fraction of sp³-hybridized carbons (Fsp3) is 1.00. The Morgan fingerprint density at radius 2 is 1.06 bits per heavy atom. The third kappa shape index (κ3) is 8.98. The minimum Gasteiger partial charge on any atom is -0.379 e. The van der Waals surface area contributed by atoms with Gasteiger partial charge in [-0.25, -0.2) is 0 Å². The topological polar surface area (TPSA) is 9.23 Å². The predicted octanol–water partition coefficient (Wildman–Crippen LogP) is 3.80. The maximum absolute atomic E-state index is 5.64. The van der Waals surface area contributed by atoms with Crippen LogP contribution in [0.3, 0.4) is 0 Å². The summed E-state index contributed by atoms with van der Waals surface area (Å²) < 4.78 is 5.64.